The summed E-state index contributed by atoms with van der Waals surface area (Å²) >= 11 is 11.9. The Morgan fingerprint density at radius 2 is 1.95 bits per heavy atom. The SMILES string of the molecule is CC(C)n1cc(CNc2c(Cl)cc(F)cc2Cl)cn1. The van der Waals surface area contributed by atoms with Gasteiger partial charge in [0.15, 0.2) is 0 Å². The molecule has 0 radical (unpaired) electrons. The van der Waals surface area contributed by atoms with Crippen molar-refractivity contribution in [2.24, 2.45) is 0 Å². The van der Waals surface area contributed by atoms with Crippen LogP contribution in [-0.4, -0.2) is 9.78 Å². The third kappa shape index (κ3) is 3.39. The molecule has 19 heavy (non-hydrogen) atoms. The first-order valence-electron chi connectivity index (χ1n) is 5.89. The van der Waals surface area contributed by atoms with E-state index in [0.29, 0.717) is 18.3 Å². The van der Waals surface area contributed by atoms with E-state index in [4.69, 9.17) is 23.2 Å². The number of halogens is 3. The molecule has 6 heteroatoms. The van der Waals surface area contributed by atoms with Gasteiger partial charge in [-0.15, -0.1) is 0 Å². The molecule has 3 nitrogen and oxygen atoms in total. The molecule has 0 spiro atoms. The van der Waals surface area contributed by atoms with Crippen LogP contribution >= 0.6 is 23.2 Å². The zero-order valence-electron chi connectivity index (χ0n) is 10.6. The highest BCUT2D eigenvalue weighted by molar-refractivity contribution is 6.39. The largest absolute Gasteiger partial charge is 0.378 e. The van der Waals surface area contributed by atoms with Gasteiger partial charge in [0.05, 0.1) is 21.9 Å². The summed E-state index contributed by atoms with van der Waals surface area (Å²) in [6.45, 7) is 4.63. The smallest absolute Gasteiger partial charge is 0.126 e. The van der Waals surface area contributed by atoms with E-state index in [1.807, 2.05) is 10.9 Å². The van der Waals surface area contributed by atoms with Crippen molar-refractivity contribution >= 4 is 28.9 Å². The summed E-state index contributed by atoms with van der Waals surface area (Å²) < 4.78 is 14.9. The van der Waals surface area contributed by atoms with Crippen LogP contribution in [0.25, 0.3) is 0 Å². The quantitative estimate of drug-likeness (QED) is 0.899. The lowest BCUT2D eigenvalue weighted by Gasteiger charge is -2.09. The van der Waals surface area contributed by atoms with Gasteiger partial charge < -0.3 is 5.32 Å². The maximum atomic E-state index is 13.1. The van der Waals surface area contributed by atoms with Gasteiger partial charge in [0, 0.05) is 24.3 Å². The predicted molar refractivity (Wildman–Crippen MR) is 76.4 cm³/mol. The number of anilines is 1. The van der Waals surface area contributed by atoms with Crippen LogP contribution in [0.1, 0.15) is 25.5 Å². The van der Waals surface area contributed by atoms with Gasteiger partial charge >= 0.3 is 0 Å². The van der Waals surface area contributed by atoms with Crippen LogP contribution in [-0.2, 0) is 6.54 Å². The van der Waals surface area contributed by atoms with Gasteiger partial charge in [0.1, 0.15) is 5.82 Å². The maximum Gasteiger partial charge on any atom is 0.126 e. The summed E-state index contributed by atoms with van der Waals surface area (Å²) in [6.07, 6.45) is 3.72. The number of nitrogens with zero attached hydrogens (tertiary/aromatic N) is 2. The molecule has 0 aliphatic rings. The lowest BCUT2D eigenvalue weighted by Crippen LogP contribution is -2.02. The molecule has 0 amide bonds. The third-order valence-corrected chi connectivity index (χ3v) is 3.26. The molecule has 0 saturated heterocycles. The van der Waals surface area contributed by atoms with Crippen molar-refractivity contribution < 1.29 is 4.39 Å². The van der Waals surface area contributed by atoms with Crippen molar-refractivity contribution in [2.75, 3.05) is 5.32 Å². The van der Waals surface area contributed by atoms with E-state index >= 15 is 0 Å². The molecule has 0 atom stereocenters. The van der Waals surface area contributed by atoms with Crippen LogP contribution in [0, 0.1) is 5.82 Å². The molecular weight excluding hydrogens is 288 g/mol. The van der Waals surface area contributed by atoms with Gasteiger partial charge in [-0.25, -0.2) is 4.39 Å². The first-order chi connectivity index (χ1) is 8.97. The minimum Gasteiger partial charge on any atom is -0.378 e. The number of hydrogen-bond acceptors (Lipinski definition) is 2. The minimum absolute atomic E-state index is 0.265. The molecule has 0 aliphatic heterocycles. The van der Waals surface area contributed by atoms with Crippen molar-refractivity contribution in [3.05, 3.63) is 46.0 Å². The monoisotopic (exact) mass is 301 g/mol. The van der Waals surface area contributed by atoms with Crippen LogP contribution in [0.15, 0.2) is 24.5 Å². The molecule has 2 aromatic rings. The summed E-state index contributed by atoms with van der Waals surface area (Å²) in [7, 11) is 0. The van der Waals surface area contributed by atoms with Gasteiger partial charge in [-0.3, -0.25) is 4.68 Å². The fourth-order valence-corrected chi connectivity index (χ4v) is 2.25. The topological polar surface area (TPSA) is 29.9 Å². The van der Waals surface area contributed by atoms with E-state index in [2.05, 4.69) is 24.3 Å². The Labute approximate surface area is 121 Å². The molecule has 0 unspecified atom stereocenters. The Hall–Kier alpha value is -1.26. The number of nitrogens with one attached hydrogen (secondary N) is 1. The first kappa shape index (κ1) is 14.2. The van der Waals surface area contributed by atoms with Gasteiger partial charge in [0.25, 0.3) is 0 Å². The average Bonchev–Trinajstić information content (AvgIpc) is 2.76. The Bertz CT molecular complexity index is 558. The van der Waals surface area contributed by atoms with Crippen molar-refractivity contribution in [2.45, 2.75) is 26.4 Å². The van der Waals surface area contributed by atoms with Crippen LogP contribution in [0.3, 0.4) is 0 Å². The Morgan fingerprint density at radius 1 is 1.32 bits per heavy atom. The highest BCUT2D eigenvalue weighted by atomic mass is 35.5. The zero-order chi connectivity index (χ0) is 14.0. The average molecular weight is 302 g/mol. The van der Waals surface area contributed by atoms with E-state index < -0.39 is 5.82 Å². The third-order valence-electron chi connectivity index (χ3n) is 2.66. The fraction of sp³-hybridized carbons (Fsp3) is 0.308. The number of hydrogen-bond donors (Lipinski definition) is 1. The van der Waals surface area contributed by atoms with Crippen LogP contribution < -0.4 is 5.32 Å². The second kappa shape index (κ2) is 5.80. The van der Waals surface area contributed by atoms with E-state index in [-0.39, 0.29) is 10.0 Å². The van der Waals surface area contributed by atoms with Crippen molar-refractivity contribution in [3.63, 3.8) is 0 Å². The second-order valence-corrected chi connectivity index (χ2v) is 5.33. The van der Waals surface area contributed by atoms with Gasteiger partial charge in [-0.05, 0) is 26.0 Å². The van der Waals surface area contributed by atoms with Crippen molar-refractivity contribution in [3.8, 4) is 0 Å². The summed E-state index contributed by atoms with van der Waals surface area (Å²) in [6, 6.07) is 2.77. The van der Waals surface area contributed by atoms with E-state index in [9.17, 15) is 4.39 Å². The van der Waals surface area contributed by atoms with E-state index in [0.717, 1.165) is 5.56 Å². The molecule has 102 valence electrons. The predicted octanol–water partition coefficient (Wildman–Crippen LogP) is 4.52. The molecule has 0 fully saturated rings. The minimum atomic E-state index is -0.451. The Morgan fingerprint density at radius 3 is 2.47 bits per heavy atom. The molecule has 1 N–H and O–H groups in total. The molecule has 1 heterocycles. The fourth-order valence-electron chi connectivity index (χ4n) is 1.65. The van der Waals surface area contributed by atoms with Gasteiger partial charge in [-0.2, -0.15) is 5.10 Å². The Balaban J connectivity index is 2.10. The molecule has 0 aliphatic carbocycles. The maximum absolute atomic E-state index is 13.1. The standard InChI is InChI=1S/C13H14Cl2FN3/c1-8(2)19-7-9(6-18-19)5-17-13-11(14)3-10(16)4-12(13)15/h3-4,6-8,17H,5H2,1-2H3. The van der Waals surface area contributed by atoms with Crippen molar-refractivity contribution in [1.82, 2.24) is 9.78 Å². The van der Waals surface area contributed by atoms with Crippen molar-refractivity contribution in [1.29, 1.82) is 0 Å². The molecule has 0 saturated carbocycles. The van der Waals surface area contributed by atoms with E-state index in [1.165, 1.54) is 12.1 Å². The number of aromatic nitrogens is 2. The zero-order valence-corrected chi connectivity index (χ0v) is 12.1. The highest BCUT2D eigenvalue weighted by Gasteiger charge is 2.09. The van der Waals surface area contributed by atoms with E-state index in [1.54, 1.807) is 6.20 Å². The molecule has 1 aromatic carbocycles. The molecule has 2 rings (SSSR count). The number of benzene rings is 1. The molecule has 0 bridgehead atoms. The molecule has 1 aromatic heterocycles. The van der Waals surface area contributed by atoms with Gasteiger partial charge in [-0.1, -0.05) is 23.2 Å². The Kier molecular flexibility index (Phi) is 4.32. The molecular formula is C13H14Cl2FN3. The van der Waals surface area contributed by atoms with Crippen LogP contribution in [0.5, 0.6) is 0 Å². The first-order valence-corrected chi connectivity index (χ1v) is 6.64. The summed E-state index contributed by atoms with van der Waals surface area (Å²) in [4.78, 5) is 0. The highest BCUT2D eigenvalue weighted by Crippen LogP contribution is 2.31. The summed E-state index contributed by atoms with van der Waals surface area (Å²) in [5.74, 6) is -0.451. The summed E-state index contributed by atoms with van der Waals surface area (Å²) in [5.41, 5.74) is 1.53. The lowest BCUT2D eigenvalue weighted by molar-refractivity contribution is 0.532. The summed E-state index contributed by atoms with van der Waals surface area (Å²) in [5, 5.41) is 7.86. The van der Waals surface area contributed by atoms with Gasteiger partial charge in [0.2, 0.25) is 0 Å². The normalized spacial score (nSPS) is 11.1. The lowest BCUT2D eigenvalue weighted by atomic mass is 10.3. The number of rotatable bonds is 4. The van der Waals surface area contributed by atoms with Crippen LogP contribution in [0.2, 0.25) is 10.0 Å². The second-order valence-electron chi connectivity index (χ2n) is 4.52. The van der Waals surface area contributed by atoms with Crippen LogP contribution in [0.4, 0.5) is 10.1 Å².